The maximum atomic E-state index is 13.5. The molecule has 1 atom stereocenters. The molecule has 0 aromatic heterocycles. The first kappa shape index (κ1) is 23.8. The number of carbonyl (C=O) groups is 2. The van der Waals surface area contributed by atoms with Crippen molar-refractivity contribution in [3.05, 3.63) is 53.6 Å². The second-order valence-corrected chi connectivity index (χ2v) is 10.3. The van der Waals surface area contributed by atoms with Gasteiger partial charge in [0.1, 0.15) is 11.8 Å². The maximum Gasteiger partial charge on any atom is 0.251 e. The summed E-state index contributed by atoms with van der Waals surface area (Å²) in [6, 6.07) is 10.9. The molecule has 1 heterocycles. The first-order chi connectivity index (χ1) is 15.1. The van der Waals surface area contributed by atoms with Gasteiger partial charge in [-0.1, -0.05) is 13.8 Å². The van der Waals surface area contributed by atoms with Crippen molar-refractivity contribution in [3.63, 3.8) is 0 Å². The van der Waals surface area contributed by atoms with Crippen molar-refractivity contribution in [2.24, 2.45) is 5.92 Å². The minimum absolute atomic E-state index is 0.130. The van der Waals surface area contributed by atoms with Crippen molar-refractivity contribution in [2.45, 2.75) is 44.6 Å². The number of fused-ring (bicyclic) bond motifs is 1. The summed E-state index contributed by atoms with van der Waals surface area (Å²) in [5.41, 5.74) is 1.98. The van der Waals surface area contributed by atoms with Crippen LogP contribution in [0.4, 0.5) is 5.69 Å². The number of rotatable bonds is 7. The Bertz CT molecular complexity index is 1090. The summed E-state index contributed by atoms with van der Waals surface area (Å²) in [4.78, 5) is 28.2. The molecule has 1 N–H and O–H groups in total. The third kappa shape index (κ3) is 5.30. The first-order valence-corrected chi connectivity index (χ1v) is 12.7. The number of ether oxygens (including phenoxy) is 1. The average molecular weight is 459 g/mol. The highest BCUT2D eigenvalue weighted by Gasteiger charge is 2.32. The van der Waals surface area contributed by atoms with E-state index in [2.05, 4.69) is 5.32 Å². The lowest BCUT2D eigenvalue weighted by atomic mass is 9.97. The third-order valence-corrected chi connectivity index (χ3v) is 6.62. The highest BCUT2D eigenvalue weighted by Crippen LogP contribution is 2.30. The van der Waals surface area contributed by atoms with Crippen LogP contribution in [0.3, 0.4) is 0 Å². The summed E-state index contributed by atoms with van der Waals surface area (Å²) in [6.45, 7) is 6.72. The molecule has 0 saturated carbocycles. The molecular formula is C24H30N2O5S. The zero-order valence-electron chi connectivity index (χ0n) is 18.9. The van der Waals surface area contributed by atoms with E-state index < -0.39 is 15.9 Å². The maximum absolute atomic E-state index is 13.5. The molecule has 7 nitrogen and oxygen atoms in total. The molecule has 1 aliphatic rings. The second kappa shape index (κ2) is 9.73. The molecule has 0 bridgehead atoms. The van der Waals surface area contributed by atoms with Gasteiger partial charge in [0.15, 0.2) is 9.84 Å². The number of hydrogen-bond acceptors (Lipinski definition) is 5. The van der Waals surface area contributed by atoms with Gasteiger partial charge in [-0.05, 0) is 73.7 Å². The van der Waals surface area contributed by atoms with E-state index in [-0.39, 0.29) is 22.6 Å². The molecule has 2 aromatic rings. The smallest absolute Gasteiger partial charge is 0.251 e. The molecule has 8 heteroatoms. The Morgan fingerprint density at radius 3 is 2.41 bits per heavy atom. The van der Waals surface area contributed by atoms with Crippen molar-refractivity contribution in [1.29, 1.82) is 0 Å². The molecule has 2 amide bonds. The SMILES string of the molecule is CCOc1ccc(C(=O)NC(C(=O)N2CCCc3cc(S(C)(=O)=O)ccc32)C(C)C)cc1. The van der Waals surface area contributed by atoms with Crippen LogP contribution < -0.4 is 15.0 Å². The van der Waals surface area contributed by atoms with Crippen LogP contribution in [-0.2, 0) is 21.1 Å². The summed E-state index contributed by atoms with van der Waals surface area (Å²) < 4.78 is 29.2. The van der Waals surface area contributed by atoms with Gasteiger partial charge in [-0.3, -0.25) is 9.59 Å². The van der Waals surface area contributed by atoms with Gasteiger partial charge >= 0.3 is 0 Å². The summed E-state index contributed by atoms with van der Waals surface area (Å²) in [5, 5.41) is 2.88. The predicted octanol–water partition coefficient (Wildman–Crippen LogP) is 3.22. The lowest BCUT2D eigenvalue weighted by Crippen LogP contribution is -2.52. The Morgan fingerprint density at radius 1 is 1.12 bits per heavy atom. The van der Waals surface area contributed by atoms with Crippen LogP contribution in [0.2, 0.25) is 0 Å². The number of hydrogen-bond donors (Lipinski definition) is 1. The monoisotopic (exact) mass is 458 g/mol. The lowest BCUT2D eigenvalue weighted by molar-refractivity contribution is -0.121. The summed E-state index contributed by atoms with van der Waals surface area (Å²) in [5.74, 6) is 0.0193. The van der Waals surface area contributed by atoms with Crippen molar-refractivity contribution < 1.29 is 22.7 Å². The Kier molecular flexibility index (Phi) is 7.23. The fourth-order valence-corrected chi connectivity index (χ4v) is 4.48. The molecule has 0 fully saturated rings. The van der Waals surface area contributed by atoms with Crippen LogP contribution in [0.25, 0.3) is 0 Å². The number of nitrogens with one attached hydrogen (secondary N) is 1. The van der Waals surface area contributed by atoms with E-state index in [1.165, 1.54) is 12.3 Å². The molecule has 172 valence electrons. The normalized spacial score (nSPS) is 14.6. The Balaban J connectivity index is 1.82. The molecule has 0 radical (unpaired) electrons. The van der Waals surface area contributed by atoms with E-state index in [1.807, 2.05) is 20.8 Å². The third-order valence-electron chi connectivity index (χ3n) is 5.51. The summed E-state index contributed by atoms with van der Waals surface area (Å²) >= 11 is 0. The standard InChI is InChI=1S/C24H30N2O5S/c1-5-31-19-10-8-17(9-11-19)23(27)25-22(16(2)3)24(28)26-14-6-7-18-15-20(32(4,29)30)12-13-21(18)26/h8-13,15-16,22H,5-7,14H2,1-4H3,(H,25,27). The zero-order chi connectivity index (χ0) is 23.5. The van der Waals surface area contributed by atoms with Crippen molar-refractivity contribution in [1.82, 2.24) is 5.32 Å². The highest BCUT2D eigenvalue weighted by molar-refractivity contribution is 7.90. The molecular weight excluding hydrogens is 428 g/mol. The fraction of sp³-hybridized carbons (Fsp3) is 0.417. The van der Waals surface area contributed by atoms with Gasteiger partial charge in [-0.2, -0.15) is 0 Å². The molecule has 0 saturated heterocycles. The van der Waals surface area contributed by atoms with Crippen molar-refractivity contribution >= 4 is 27.3 Å². The van der Waals surface area contributed by atoms with Crippen molar-refractivity contribution in [2.75, 3.05) is 24.3 Å². The van der Waals surface area contributed by atoms with Gasteiger partial charge in [0.25, 0.3) is 5.91 Å². The number of aryl methyl sites for hydroxylation is 1. The quantitative estimate of drug-likeness (QED) is 0.688. The zero-order valence-corrected chi connectivity index (χ0v) is 19.7. The van der Waals surface area contributed by atoms with E-state index in [0.29, 0.717) is 36.6 Å². The number of amides is 2. The van der Waals surface area contributed by atoms with E-state index in [0.717, 1.165) is 12.0 Å². The van der Waals surface area contributed by atoms with E-state index >= 15 is 0 Å². The highest BCUT2D eigenvalue weighted by atomic mass is 32.2. The predicted molar refractivity (Wildman–Crippen MR) is 124 cm³/mol. The van der Waals surface area contributed by atoms with Gasteiger partial charge in [-0.25, -0.2) is 8.42 Å². The summed E-state index contributed by atoms with van der Waals surface area (Å²) in [6.07, 6.45) is 2.60. The number of nitrogens with zero attached hydrogens (tertiary/aromatic N) is 1. The number of benzene rings is 2. The second-order valence-electron chi connectivity index (χ2n) is 8.31. The van der Waals surface area contributed by atoms with Crippen LogP contribution in [-0.4, -0.2) is 45.7 Å². The lowest BCUT2D eigenvalue weighted by Gasteiger charge is -2.34. The minimum Gasteiger partial charge on any atom is -0.494 e. The van der Waals surface area contributed by atoms with E-state index in [1.54, 1.807) is 41.3 Å². The summed E-state index contributed by atoms with van der Waals surface area (Å²) in [7, 11) is -3.33. The Morgan fingerprint density at radius 2 is 1.81 bits per heavy atom. The molecule has 0 spiro atoms. The van der Waals surface area contributed by atoms with Gasteiger partial charge in [0.2, 0.25) is 5.91 Å². The van der Waals surface area contributed by atoms with E-state index in [9.17, 15) is 18.0 Å². The topological polar surface area (TPSA) is 92.8 Å². The molecule has 3 rings (SSSR count). The fourth-order valence-electron chi connectivity index (χ4n) is 3.81. The molecule has 0 aliphatic carbocycles. The van der Waals surface area contributed by atoms with E-state index in [4.69, 9.17) is 4.74 Å². The number of sulfone groups is 1. The van der Waals surface area contributed by atoms with Gasteiger partial charge in [-0.15, -0.1) is 0 Å². The van der Waals surface area contributed by atoms with Crippen LogP contribution in [0, 0.1) is 5.92 Å². The molecule has 32 heavy (non-hydrogen) atoms. The molecule has 1 unspecified atom stereocenters. The van der Waals surface area contributed by atoms with Crippen LogP contribution in [0.1, 0.15) is 43.1 Å². The average Bonchev–Trinajstić information content (AvgIpc) is 2.76. The van der Waals surface area contributed by atoms with Crippen LogP contribution in [0.15, 0.2) is 47.4 Å². The molecule has 1 aliphatic heterocycles. The molecule has 2 aromatic carbocycles. The Labute approximate surface area is 189 Å². The number of carbonyl (C=O) groups excluding carboxylic acids is 2. The Hall–Kier alpha value is -2.87. The van der Waals surface area contributed by atoms with Gasteiger partial charge < -0.3 is 15.0 Å². The largest absolute Gasteiger partial charge is 0.494 e. The van der Waals surface area contributed by atoms with Crippen LogP contribution in [0.5, 0.6) is 5.75 Å². The van der Waals surface area contributed by atoms with Gasteiger partial charge in [0.05, 0.1) is 11.5 Å². The van der Waals surface area contributed by atoms with Crippen molar-refractivity contribution in [3.8, 4) is 5.75 Å². The van der Waals surface area contributed by atoms with Gasteiger partial charge in [0, 0.05) is 24.1 Å². The first-order valence-electron chi connectivity index (χ1n) is 10.8. The van der Waals surface area contributed by atoms with Crippen LogP contribution >= 0.6 is 0 Å². The number of anilines is 1. The minimum atomic E-state index is -3.33.